The Morgan fingerprint density at radius 2 is 1.80 bits per heavy atom. The fraction of sp³-hybridized carbons (Fsp3) is 0.167. The molecule has 0 N–H and O–H groups in total. The van der Waals surface area contributed by atoms with E-state index in [9.17, 15) is 17.6 Å². The van der Waals surface area contributed by atoms with Crippen LogP contribution in [0.25, 0.3) is 11.1 Å². The van der Waals surface area contributed by atoms with Gasteiger partial charge in [-0.15, -0.1) is 0 Å². The molecule has 0 aliphatic carbocycles. The van der Waals surface area contributed by atoms with Crippen molar-refractivity contribution in [2.24, 2.45) is 0 Å². The molecule has 2 aromatic carbocycles. The molecule has 1 aliphatic heterocycles. The Morgan fingerprint density at radius 3 is 2.40 bits per heavy atom. The van der Waals surface area contributed by atoms with Gasteiger partial charge in [0, 0.05) is 16.3 Å². The lowest BCUT2D eigenvalue weighted by atomic mass is 9.96. The van der Waals surface area contributed by atoms with Crippen molar-refractivity contribution < 1.29 is 22.3 Å². The molecule has 0 bridgehead atoms. The molecule has 2 aromatic rings. The summed E-state index contributed by atoms with van der Waals surface area (Å²) in [7, 11) is -3.66. The fourth-order valence-corrected chi connectivity index (χ4v) is 3.77. The van der Waals surface area contributed by atoms with Crippen molar-refractivity contribution in [3.8, 4) is 0 Å². The Hall–Kier alpha value is -1.99. The third kappa shape index (κ3) is 3.39. The van der Waals surface area contributed by atoms with Crippen molar-refractivity contribution in [2.45, 2.75) is 11.8 Å². The predicted octanol–water partition coefficient (Wildman–Crippen LogP) is 3.77. The maximum absolute atomic E-state index is 14.2. The molecule has 0 atom stereocenters. The van der Waals surface area contributed by atoms with E-state index in [-0.39, 0.29) is 11.5 Å². The zero-order chi connectivity index (χ0) is 18.4. The van der Waals surface area contributed by atoms with E-state index in [0.717, 1.165) is 22.4 Å². The van der Waals surface area contributed by atoms with E-state index in [0.29, 0.717) is 22.3 Å². The number of esters is 1. The summed E-state index contributed by atoms with van der Waals surface area (Å²) in [6.07, 6.45) is 0.946. The smallest absolute Gasteiger partial charge is 0.339 e. The van der Waals surface area contributed by atoms with Crippen molar-refractivity contribution in [3.63, 3.8) is 0 Å². The summed E-state index contributed by atoms with van der Waals surface area (Å²) in [4.78, 5) is 11.8. The zero-order valence-electron chi connectivity index (χ0n) is 13.5. The molecule has 0 fully saturated rings. The van der Waals surface area contributed by atoms with Gasteiger partial charge in [-0.1, -0.05) is 34.1 Å². The van der Waals surface area contributed by atoms with Gasteiger partial charge in [0.1, 0.15) is 17.3 Å². The maximum atomic E-state index is 14.2. The van der Waals surface area contributed by atoms with Crippen LogP contribution >= 0.6 is 15.9 Å². The predicted molar refractivity (Wildman–Crippen MR) is 96.2 cm³/mol. The molecule has 0 spiro atoms. The van der Waals surface area contributed by atoms with Crippen molar-refractivity contribution in [2.75, 3.05) is 12.9 Å². The number of sulfone groups is 1. The van der Waals surface area contributed by atoms with Gasteiger partial charge >= 0.3 is 5.97 Å². The molecule has 1 heterocycles. The summed E-state index contributed by atoms with van der Waals surface area (Å²) < 4.78 is 43.3. The van der Waals surface area contributed by atoms with Crippen molar-refractivity contribution in [3.05, 3.63) is 63.4 Å². The number of cyclic esters (lactones) is 1. The second-order valence-corrected chi connectivity index (χ2v) is 8.65. The quantitative estimate of drug-likeness (QED) is 0.703. The van der Waals surface area contributed by atoms with Gasteiger partial charge in [0.05, 0.1) is 5.57 Å². The standard InChI is InChI=1S/C18H14BrFO4S/c1-10-3-4-12(7-14(10)19)17-13(9-24-18(17)21)11-5-6-16(15(20)8-11)25(2,22)23/h3-8H,9H2,1-2H3. The molecule has 4 nitrogen and oxygen atoms in total. The molecule has 0 radical (unpaired) electrons. The highest BCUT2D eigenvalue weighted by molar-refractivity contribution is 9.10. The lowest BCUT2D eigenvalue weighted by molar-refractivity contribution is -0.133. The van der Waals surface area contributed by atoms with Crippen LogP contribution in [-0.4, -0.2) is 27.2 Å². The van der Waals surface area contributed by atoms with Gasteiger partial charge in [0.2, 0.25) is 0 Å². The van der Waals surface area contributed by atoms with Crippen LogP contribution in [0.2, 0.25) is 0 Å². The van der Waals surface area contributed by atoms with Gasteiger partial charge in [0.15, 0.2) is 9.84 Å². The molecule has 7 heteroatoms. The lowest BCUT2D eigenvalue weighted by Crippen LogP contribution is -2.02. The van der Waals surface area contributed by atoms with Gasteiger partial charge in [-0.05, 0) is 41.8 Å². The van der Waals surface area contributed by atoms with Gasteiger partial charge in [-0.2, -0.15) is 0 Å². The second-order valence-electron chi connectivity index (χ2n) is 5.81. The molecule has 3 rings (SSSR count). The Morgan fingerprint density at radius 1 is 1.12 bits per heavy atom. The van der Waals surface area contributed by atoms with Crippen molar-refractivity contribution >= 4 is 42.9 Å². The van der Waals surface area contributed by atoms with Gasteiger partial charge < -0.3 is 4.74 Å². The maximum Gasteiger partial charge on any atom is 0.339 e. The first kappa shape index (κ1) is 17.8. The Labute approximate surface area is 153 Å². The molecule has 1 aliphatic rings. The third-order valence-electron chi connectivity index (χ3n) is 3.99. The second kappa shape index (κ2) is 6.38. The van der Waals surface area contributed by atoms with E-state index in [2.05, 4.69) is 15.9 Å². The van der Waals surface area contributed by atoms with E-state index < -0.39 is 21.6 Å². The van der Waals surface area contributed by atoms with Gasteiger partial charge in [-0.3, -0.25) is 0 Å². The average molecular weight is 425 g/mol. The van der Waals surface area contributed by atoms with Crippen molar-refractivity contribution in [1.82, 2.24) is 0 Å². The number of carbonyl (C=O) groups excluding carboxylic acids is 1. The summed E-state index contributed by atoms with van der Waals surface area (Å²) in [6, 6.07) is 9.28. The molecule has 0 saturated carbocycles. The minimum Gasteiger partial charge on any atom is -0.457 e. The highest BCUT2D eigenvalue weighted by Gasteiger charge is 2.28. The number of halogens is 2. The molecule has 130 valence electrons. The first-order valence-corrected chi connectivity index (χ1v) is 10.0. The van der Waals surface area contributed by atoms with Crippen LogP contribution in [0.15, 0.2) is 45.8 Å². The highest BCUT2D eigenvalue weighted by atomic mass is 79.9. The lowest BCUT2D eigenvalue weighted by Gasteiger charge is -2.08. The summed E-state index contributed by atoms with van der Waals surface area (Å²) in [6.45, 7) is 1.94. The van der Waals surface area contributed by atoms with E-state index in [4.69, 9.17) is 4.74 Å². The number of hydrogen-bond acceptors (Lipinski definition) is 4. The summed E-state index contributed by atoms with van der Waals surface area (Å²) in [5.74, 6) is -1.34. The molecular formula is C18H14BrFO4S. The van der Waals surface area contributed by atoms with Crippen LogP contribution in [0.5, 0.6) is 0 Å². The van der Waals surface area contributed by atoms with Crippen LogP contribution in [0, 0.1) is 12.7 Å². The minimum absolute atomic E-state index is 0.0112. The Balaban J connectivity index is 2.16. The number of ether oxygens (including phenoxy) is 1. The van der Waals surface area contributed by atoms with Crippen LogP contribution < -0.4 is 0 Å². The number of rotatable bonds is 3. The SMILES string of the molecule is Cc1ccc(C2=C(c3ccc(S(C)(=O)=O)c(F)c3)COC2=O)cc1Br. The molecule has 0 amide bonds. The van der Waals surface area contributed by atoms with E-state index >= 15 is 0 Å². The Kier molecular flexibility index (Phi) is 4.55. The van der Waals surface area contributed by atoms with Crippen LogP contribution in [-0.2, 0) is 19.4 Å². The molecule has 0 unspecified atom stereocenters. The largest absolute Gasteiger partial charge is 0.457 e. The van der Waals surface area contributed by atoms with Crippen LogP contribution in [0.3, 0.4) is 0 Å². The van der Waals surface area contributed by atoms with Gasteiger partial charge in [-0.25, -0.2) is 17.6 Å². The first-order chi connectivity index (χ1) is 11.7. The average Bonchev–Trinajstić information content (AvgIpc) is 2.90. The number of aryl methyl sites for hydroxylation is 1. The Bertz CT molecular complexity index is 1030. The number of benzene rings is 2. The minimum atomic E-state index is -3.66. The van der Waals surface area contributed by atoms with Crippen molar-refractivity contribution in [1.29, 1.82) is 0 Å². The number of hydrogen-bond donors (Lipinski definition) is 0. The highest BCUT2D eigenvalue weighted by Crippen LogP contribution is 2.35. The molecule has 0 aromatic heterocycles. The van der Waals surface area contributed by atoms with Crippen LogP contribution in [0.1, 0.15) is 16.7 Å². The fourth-order valence-electron chi connectivity index (χ4n) is 2.66. The molecule has 25 heavy (non-hydrogen) atoms. The van der Waals surface area contributed by atoms with E-state index in [1.807, 2.05) is 13.0 Å². The number of carbonyl (C=O) groups is 1. The molecular weight excluding hydrogens is 411 g/mol. The van der Waals surface area contributed by atoms with Gasteiger partial charge in [0.25, 0.3) is 0 Å². The summed E-state index contributed by atoms with van der Waals surface area (Å²) in [5.41, 5.74) is 2.97. The third-order valence-corrected chi connectivity index (χ3v) is 5.98. The normalized spacial score (nSPS) is 14.8. The first-order valence-electron chi connectivity index (χ1n) is 7.35. The summed E-state index contributed by atoms with van der Waals surface area (Å²) >= 11 is 3.43. The monoisotopic (exact) mass is 424 g/mol. The van der Waals surface area contributed by atoms with E-state index in [1.54, 1.807) is 12.1 Å². The van der Waals surface area contributed by atoms with E-state index in [1.165, 1.54) is 12.1 Å². The molecule has 0 saturated heterocycles. The zero-order valence-corrected chi connectivity index (χ0v) is 15.9. The van der Waals surface area contributed by atoms with Crippen LogP contribution in [0.4, 0.5) is 4.39 Å². The summed E-state index contributed by atoms with van der Waals surface area (Å²) in [5, 5.41) is 0. The topological polar surface area (TPSA) is 60.4 Å².